The normalized spacial score (nSPS) is 18.0. The molecule has 0 radical (unpaired) electrons. The highest BCUT2D eigenvalue weighted by molar-refractivity contribution is 6.21. The van der Waals surface area contributed by atoms with E-state index in [2.05, 4.69) is 40.7 Å². The molecule has 10 heteroatoms. The van der Waals surface area contributed by atoms with E-state index in [1.807, 2.05) is 36.2 Å². The number of aliphatic imine (C=N–C) groups is 1. The number of hydrogen-bond acceptors (Lipinski definition) is 6. The van der Waals surface area contributed by atoms with Crippen molar-refractivity contribution in [3.63, 3.8) is 0 Å². The van der Waals surface area contributed by atoms with Gasteiger partial charge in [-0.3, -0.25) is 4.99 Å². The van der Waals surface area contributed by atoms with Gasteiger partial charge in [-0.15, -0.1) is 0 Å². The number of aromatic nitrogens is 2. The minimum atomic E-state index is -4.62. The van der Waals surface area contributed by atoms with Crippen molar-refractivity contribution in [1.82, 2.24) is 15.3 Å². The molecule has 4 heterocycles. The van der Waals surface area contributed by atoms with E-state index in [1.165, 1.54) is 0 Å². The maximum atomic E-state index is 13.0. The number of aryl methyl sites for hydroxylation is 1. The zero-order valence-corrected chi connectivity index (χ0v) is 21.6. The van der Waals surface area contributed by atoms with Crippen molar-refractivity contribution in [3.8, 4) is 0 Å². The van der Waals surface area contributed by atoms with E-state index >= 15 is 0 Å². The number of anilines is 2. The van der Waals surface area contributed by atoms with Crippen LogP contribution in [-0.4, -0.2) is 33.4 Å². The lowest BCUT2D eigenvalue weighted by atomic mass is 9.95. The Morgan fingerprint density at radius 1 is 1.27 bits per heavy atom. The minimum absolute atomic E-state index is 0.00650. The van der Waals surface area contributed by atoms with Crippen LogP contribution in [-0.2, 0) is 6.42 Å². The van der Waals surface area contributed by atoms with E-state index in [0.717, 1.165) is 54.5 Å². The van der Waals surface area contributed by atoms with Crippen molar-refractivity contribution < 1.29 is 13.2 Å². The van der Waals surface area contributed by atoms with Gasteiger partial charge in [0.25, 0.3) is 0 Å². The first-order valence-corrected chi connectivity index (χ1v) is 12.6. The van der Waals surface area contributed by atoms with Crippen LogP contribution in [0.4, 0.5) is 24.8 Å². The van der Waals surface area contributed by atoms with Gasteiger partial charge in [-0.25, -0.2) is 9.97 Å². The molecule has 0 bridgehead atoms. The van der Waals surface area contributed by atoms with Gasteiger partial charge >= 0.3 is 6.18 Å². The van der Waals surface area contributed by atoms with Gasteiger partial charge in [-0.1, -0.05) is 44.2 Å². The number of hydrogen-bond donors (Lipinski definition) is 2. The molecule has 196 valence electrons. The maximum Gasteiger partial charge on any atom is 0.422 e. The lowest BCUT2D eigenvalue weighted by molar-refractivity contribution is -0.133. The van der Waals surface area contributed by atoms with Crippen LogP contribution in [0.5, 0.6) is 0 Å². The molecule has 0 aliphatic carbocycles. The van der Waals surface area contributed by atoms with Gasteiger partial charge in [0, 0.05) is 30.6 Å². The molecular weight excluding hydrogens is 501 g/mol. The second kappa shape index (κ2) is 11.0. The van der Waals surface area contributed by atoms with E-state index < -0.39 is 11.7 Å². The van der Waals surface area contributed by atoms with Crippen LogP contribution in [0.25, 0.3) is 11.3 Å². The third-order valence-corrected chi connectivity index (χ3v) is 6.75. The van der Waals surface area contributed by atoms with Gasteiger partial charge < -0.3 is 15.5 Å². The molecule has 0 spiro atoms. The summed E-state index contributed by atoms with van der Waals surface area (Å²) in [4.78, 5) is 15.6. The smallest absolute Gasteiger partial charge is 0.361 e. The van der Waals surface area contributed by atoms with Gasteiger partial charge in [0.05, 0.1) is 11.4 Å². The largest absolute Gasteiger partial charge is 0.422 e. The van der Waals surface area contributed by atoms with Crippen LogP contribution in [0.3, 0.4) is 0 Å². The van der Waals surface area contributed by atoms with E-state index in [4.69, 9.17) is 16.6 Å². The molecule has 2 atom stereocenters. The highest BCUT2D eigenvalue weighted by Crippen LogP contribution is 2.35. The fraction of sp³-hybridized carbons (Fsp3) is 0.370. The first-order chi connectivity index (χ1) is 17.6. The molecule has 2 aromatic heterocycles. The Hall–Kier alpha value is -3.33. The zero-order valence-electron chi connectivity index (χ0n) is 20.9. The second-order valence-electron chi connectivity index (χ2n) is 9.25. The third-order valence-electron chi connectivity index (χ3n) is 6.40. The van der Waals surface area contributed by atoms with E-state index in [0.29, 0.717) is 17.5 Å². The van der Waals surface area contributed by atoms with Gasteiger partial charge in [0.1, 0.15) is 17.5 Å². The summed E-state index contributed by atoms with van der Waals surface area (Å²) in [6, 6.07) is 7.55. The standard InChI is InChI=1S/C27H30ClF3N6/c1-5-6-22-9-7-19-8-10-23(17(3)34-26(28)27(29,30)31)36-25(19)37(22)18(4)35-24-14-20(11-12-32-24)21-13-16(2)33-15-21/h8,10-12,14-15,22,26,34H,3-7,9,13H2,1-2H3,(H,32,35)/t22?,26-/m1/s1. The molecule has 0 aromatic carbocycles. The van der Waals surface area contributed by atoms with Crippen LogP contribution >= 0.6 is 11.6 Å². The summed E-state index contributed by atoms with van der Waals surface area (Å²) in [5.74, 6) is 1.86. The van der Waals surface area contributed by atoms with Crippen LogP contribution in [0.2, 0.25) is 0 Å². The van der Waals surface area contributed by atoms with Gasteiger partial charge in [0.15, 0.2) is 5.50 Å². The lowest BCUT2D eigenvalue weighted by Gasteiger charge is -2.39. The summed E-state index contributed by atoms with van der Waals surface area (Å²) in [6.45, 7) is 12.1. The molecule has 0 amide bonds. The summed E-state index contributed by atoms with van der Waals surface area (Å²) in [5, 5.41) is 5.53. The Morgan fingerprint density at radius 2 is 2.05 bits per heavy atom. The molecule has 6 nitrogen and oxygen atoms in total. The molecule has 2 N–H and O–H groups in total. The van der Waals surface area contributed by atoms with Crippen molar-refractivity contribution in [2.24, 2.45) is 4.99 Å². The molecule has 0 saturated carbocycles. The van der Waals surface area contributed by atoms with Crippen molar-refractivity contribution in [1.29, 1.82) is 0 Å². The monoisotopic (exact) mass is 530 g/mol. The lowest BCUT2D eigenvalue weighted by Crippen LogP contribution is -2.41. The minimum Gasteiger partial charge on any atom is -0.361 e. The summed E-state index contributed by atoms with van der Waals surface area (Å²) < 4.78 is 38.9. The number of halogens is 4. The number of fused-ring (bicyclic) bond motifs is 1. The third kappa shape index (κ3) is 6.15. The second-order valence-corrected chi connectivity index (χ2v) is 9.69. The highest BCUT2D eigenvalue weighted by Gasteiger charge is 2.39. The maximum absolute atomic E-state index is 13.0. The van der Waals surface area contributed by atoms with Crippen LogP contribution in [0, 0.1) is 0 Å². The van der Waals surface area contributed by atoms with Crippen molar-refractivity contribution in [2.45, 2.75) is 63.7 Å². The van der Waals surface area contributed by atoms with Crippen LogP contribution < -0.4 is 15.5 Å². The van der Waals surface area contributed by atoms with Crippen molar-refractivity contribution in [3.05, 3.63) is 72.5 Å². The Bertz CT molecular complexity index is 1250. The van der Waals surface area contributed by atoms with Crippen LogP contribution in [0.1, 0.15) is 56.4 Å². The molecular formula is C27H30ClF3N6. The SMILES string of the molecule is C=C(N[C@@H](Cl)C(F)(F)F)c1ccc2c(n1)N(C(=C)Nc1cc(C3=CN=C(C)C3)ccn1)C(CCC)CC2. The molecule has 2 aliphatic heterocycles. The quantitative estimate of drug-likeness (QED) is 0.273. The summed E-state index contributed by atoms with van der Waals surface area (Å²) in [5.41, 5.74) is 2.20. The van der Waals surface area contributed by atoms with E-state index in [9.17, 15) is 13.2 Å². The van der Waals surface area contributed by atoms with Gasteiger partial charge in [-0.05, 0) is 61.1 Å². The molecule has 1 unspecified atom stereocenters. The Labute approximate surface area is 220 Å². The van der Waals surface area contributed by atoms with E-state index in [-0.39, 0.29) is 17.4 Å². The zero-order chi connectivity index (χ0) is 26.7. The number of alkyl halides is 4. The number of nitrogens with one attached hydrogen (secondary N) is 2. The molecule has 4 rings (SSSR count). The molecule has 2 aromatic rings. The highest BCUT2D eigenvalue weighted by atomic mass is 35.5. The van der Waals surface area contributed by atoms with Crippen LogP contribution in [0.15, 0.2) is 60.6 Å². The average molecular weight is 531 g/mol. The first kappa shape index (κ1) is 26.7. The molecule has 37 heavy (non-hydrogen) atoms. The summed E-state index contributed by atoms with van der Waals surface area (Å²) in [7, 11) is 0. The predicted octanol–water partition coefficient (Wildman–Crippen LogP) is 6.87. The van der Waals surface area contributed by atoms with Gasteiger partial charge in [0.2, 0.25) is 0 Å². The molecule has 0 fully saturated rings. The Balaban J connectivity index is 1.60. The number of rotatable bonds is 9. The fourth-order valence-electron chi connectivity index (χ4n) is 4.58. The summed E-state index contributed by atoms with van der Waals surface area (Å²) in [6.07, 6.45) is 3.36. The first-order valence-electron chi connectivity index (χ1n) is 12.2. The number of allylic oxidation sites excluding steroid dienone is 1. The van der Waals surface area contributed by atoms with Crippen molar-refractivity contribution >= 4 is 40.2 Å². The van der Waals surface area contributed by atoms with Crippen molar-refractivity contribution in [2.75, 3.05) is 10.2 Å². The topological polar surface area (TPSA) is 65.4 Å². The summed E-state index contributed by atoms with van der Waals surface area (Å²) >= 11 is 5.47. The fourth-order valence-corrected chi connectivity index (χ4v) is 4.71. The Kier molecular flexibility index (Phi) is 7.92. The number of pyridine rings is 2. The predicted molar refractivity (Wildman–Crippen MR) is 144 cm³/mol. The van der Waals surface area contributed by atoms with E-state index in [1.54, 1.807) is 12.3 Å². The Morgan fingerprint density at radius 3 is 2.73 bits per heavy atom. The number of nitrogens with zero attached hydrogens (tertiary/aromatic N) is 4. The molecule has 0 saturated heterocycles. The average Bonchev–Trinajstić information content (AvgIpc) is 3.29. The molecule has 2 aliphatic rings. The van der Waals surface area contributed by atoms with Gasteiger partial charge in [-0.2, -0.15) is 13.2 Å².